The molecule has 18 atom stereocenters. The molecule has 3 aliphatic rings. The van der Waals surface area contributed by atoms with Crippen LogP contribution in [0.5, 0.6) is 0 Å². The topological polar surface area (TPSA) is 247 Å². The summed E-state index contributed by atoms with van der Waals surface area (Å²) in [6.07, 6.45) is -15.9. The molecular weight excluding hydrogens is 910 g/mol. The number of likely N-dealkylation sites (N-methyl/N-ethyl adjacent to an activating group) is 2. The fourth-order valence-electron chi connectivity index (χ4n) is 9.99. The number of carbonyl (C=O) groups excluding carboxylic acids is 1. The van der Waals surface area contributed by atoms with Crippen LogP contribution in [-0.4, -0.2) is 168 Å². The van der Waals surface area contributed by atoms with Crippen LogP contribution >= 0.6 is 0 Å². The summed E-state index contributed by atoms with van der Waals surface area (Å²) in [5.41, 5.74) is -7.68. The Morgan fingerprint density at radius 3 is 2.13 bits per heavy atom. The Balaban J connectivity index is 1.79. The minimum Gasteiger partial charge on any atom is -0.459 e. The Hall–Kier alpha value is -2.29. The number of halogens is 3. The maximum Gasteiger partial charge on any atom is 0.416 e. The third kappa shape index (κ3) is 12.8. The van der Waals surface area contributed by atoms with Gasteiger partial charge in [0.15, 0.2) is 12.6 Å². The van der Waals surface area contributed by atoms with E-state index >= 15 is 0 Å². The van der Waals surface area contributed by atoms with E-state index in [-0.39, 0.29) is 50.4 Å². The molecule has 388 valence electrons. The summed E-state index contributed by atoms with van der Waals surface area (Å²) in [5, 5.41) is 65.9. The first-order valence-electron chi connectivity index (χ1n) is 23.0. The summed E-state index contributed by atoms with van der Waals surface area (Å²) in [4.78, 5) is 14.4. The van der Waals surface area contributed by atoms with Crippen molar-refractivity contribution in [2.24, 2.45) is 17.8 Å². The highest BCUT2D eigenvalue weighted by molar-refractivity contribution is 7.90. The molecule has 4 rings (SSSR count). The third-order valence-corrected chi connectivity index (χ3v) is 15.8. The molecular formula is C45H77F3N4O14S. The number of aliphatic hydroxyl groups excluding tert-OH is 2. The minimum atomic E-state index is -4.64. The molecule has 0 amide bonds. The third-order valence-electron chi connectivity index (χ3n) is 14.3. The normalized spacial score (nSPS) is 42.4. The van der Waals surface area contributed by atoms with Gasteiger partial charge >= 0.3 is 22.4 Å². The van der Waals surface area contributed by atoms with Crippen molar-refractivity contribution in [2.75, 3.05) is 39.0 Å². The molecule has 18 nitrogen and oxygen atoms in total. The zero-order chi connectivity index (χ0) is 50.8. The van der Waals surface area contributed by atoms with E-state index in [0.717, 1.165) is 28.6 Å². The first-order chi connectivity index (χ1) is 30.8. The fraction of sp³-hybridized carbons (Fsp3) is 0.844. The predicted molar refractivity (Wildman–Crippen MR) is 240 cm³/mol. The SMILES string of the molecule is CCC1OC(=O)C(C)C(O[C@H]2C[C@@](C)(OC)[C@](O)(CNC)[C@H](C)O2)C(C)C(O[C@@H]2O[C@H](C)C[C@H](N(C)S(=O)(=O)Nc3ccc(C(F)(F)F)cc3)[C@H]2O)C(C)(O)CC(C)CNC(C)C(O)C1(C)O. The lowest BCUT2D eigenvalue weighted by molar-refractivity contribution is -0.336. The van der Waals surface area contributed by atoms with Gasteiger partial charge in [-0.2, -0.15) is 25.9 Å². The molecule has 0 bridgehead atoms. The number of rotatable bonds is 12. The number of cyclic esters (lactones) is 1. The van der Waals surface area contributed by atoms with Crippen molar-refractivity contribution < 1.29 is 80.3 Å². The number of esters is 1. The molecule has 0 radical (unpaired) electrons. The molecule has 0 spiro atoms. The van der Waals surface area contributed by atoms with E-state index in [1.807, 2.05) is 6.92 Å². The van der Waals surface area contributed by atoms with Crippen molar-refractivity contribution >= 4 is 21.9 Å². The second-order valence-electron chi connectivity index (χ2n) is 19.8. The largest absolute Gasteiger partial charge is 0.459 e. The van der Waals surface area contributed by atoms with Crippen LogP contribution in [0.3, 0.4) is 0 Å². The van der Waals surface area contributed by atoms with Gasteiger partial charge in [0.05, 0.1) is 47.5 Å². The van der Waals surface area contributed by atoms with Gasteiger partial charge in [0.25, 0.3) is 0 Å². The maximum absolute atomic E-state index is 14.4. The Bertz CT molecular complexity index is 1880. The summed E-state index contributed by atoms with van der Waals surface area (Å²) in [5.74, 6) is -3.41. The van der Waals surface area contributed by atoms with Gasteiger partial charge in [-0.05, 0) is 112 Å². The number of nitrogens with one attached hydrogen (secondary N) is 3. The molecule has 0 aromatic heterocycles. The second kappa shape index (κ2) is 22.0. The zero-order valence-corrected chi connectivity index (χ0v) is 41.9. The van der Waals surface area contributed by atoms with E-state index in [4.69, 9.17) is 28.4 Å². The van der Waals surface area contributed by atoms with E-state index < -0.39 is 130 Å². The predicted octanol–water partition coefficient (Wildman–Crippen LogP) is 2.89. The molecule has 3 fully saturated rings. The number of anilines is 1. The quantitative estimate of drug-likeness (QED) is 0.140. The lowest BCUT2D eigenvalue weighted by atomic mass is 9.75. The van der Waals surface area contributed by atoms with E-state index in [2.05, 4.69) is 15.4 Å². The molecule has 8 N–H and O–H groups in total. The second-order valence-corrected chi connectivity index (χ2v) is 21.5. The molecule has 3 aliphatic heterocycles. The van der Waals surface area contributed by atoms with Crippen molar-refractivity contribution in [3.8, 4) is 0 Å². The Labute approximate surface area is 393 Å². The standard InChI is InChI=1S/C45H77F3N4O14S/c1-14-33-43(10,57)37(54)28(6)50-22-24(2)20-41(8,56)38(26(4)36(27(5)39(55)64-33)65-34-21-42(9,61-13)44(58,23-49-11)29(7)63-34)66-40-35(53)32(19-25(3)62-40)52(12)67(59,60)51-31-17-15-30(16-18-31)45(46,47)48/h15-18,24-29,32-38,40,49-51,53-54,56-58H,14,19-23H2,1-13H3/t24?,25-,26?,27?,28?,29+,32+,33?,34+,35-,36?,37?,38?,40+,41?,42-,43?,44+/m1/s1. The highest BCUT2D eigenvalue weighted by Crippen LogP contribution is 2.43. The Morgan fingerprint density at radius 1 is 0.970 bits per heavy atom. The van der Waals surface area contributed by atoms with Crippen LogP contribution in [0.4, 0.5) is 18.9 Å². The minimum absolute atomic E-state index is 0.0141. The van der Waals surface area contributed by atoms with Crippen LogP contribution < -0.4 is 15.4 Å². The summed E-state index contributed by atoms with van der Waals surface area (Å²) < 4.78 is 108. The van der Waals surface area contributed by atoms with Crippen LogP contribution in [0.25, 0.3) is 0 Å². The van der Waals surface area contributed by atoms with E-state index in [0.29, 0.717) is 0 Å². The lowest BCUT2D eigenvalue weighted by Gasteiger charge is -2.53. The van der Waals surface area contributed by atoms with E-state index in [9.17, 15) is 51.9 Å². The van der Waals surface area contributed by atoms with Crippen molar-refractivity contribution in [3.05, 3.63) is 29.8 Å². The summed E-state index contributed by atoms with van der Waals surface area (Å²) in [7, 11) is -0.206. The van der Waals surface area contributed by atoms with Gasteiger partial charge in [-0.15, -0.1) is 0 Å². The molecule has 10 unspecified atom stereocenters. The number of aliphatic hydroxyl groups is 5. The van der Waals surface area contributed by atoms with Gasteiger partial charge in [-0.3, -0.25) is 9.52 Å². The Morgan fingerprint density at radius 2 is 1.58 bits per heavy atom. The van der Waals surface area contributed by atoms with Crippen molar-refractivity contribution in [2.45, 2.75) is 191 Å². The molecule has 0 aliphatic carbocycles. The van der Waals surface area contributed by atoms with Crippen molar-refractivity contribution in [3.63, 3.8) is 0 Å². The molecule has 22 heteroatoms. The van der Waals surface area contributed by atoms with Gasteiger partial charge in [0, 0.05) is 44.8 Å². The number of ether oxygens (including phenoxy) is 6. The average molecular weight is 987 g/mol. The number of alkyl halides is 3. The highest BCUT2D eigenvalue weighted by atomic mass is 32.2. The summed E-state index contributed by atoms with van der Waals surface area (Å²) in [6, 6.07) is 1.47. The van der Waals surface area contributed by atoms with Crippen LogP contribution in [0.2, 0.25) is 0 Å². The first kappa shape index (κ1) is 57.3. The number of nitrogens with zero attached hydrogens (tertiary/aromatic N) is 1. The molecule has 67 heavy (non-hydrogen) atoms. The molecule has 3 heterocycles. The smallest absolute Gasteiger partial charge is 0.416 e. The van der Waals surface area contributed by atoms with Crippen LogP contribution in [0.15, 0.2) is 24.3 Å². The van der Waals surface area contributed by atoms with E-state index in [1.165, 1.54) is 34.9 Å². The van der Waals surface area contributed by atoms with Crippen molar-refractivity contribution in [1.29, 1.82) is 0 Å². The first-order valence-corrected chi connectivity index (χ1v) is 24.5. The highest BCUT2D eigenvalue weighted by Gasteiger charge is 2.58. The average Bonchev–Trinajstić information content (AvgIpc) is 3.23. The number of hydrogen-bond donors (Lipinski definition) is 8. The van der Waals surface area contributed by atoms with Crippen LogP contribution in [0, 0.1) is 17.8 Å². The summed E-state index contributed by atoms with van der Waals surface area (Å²) in [6.45, 7) is 16.6. The Kier molecular flexibility index (Phi) is 18.8. The monoisotopic (exact) mass is 987 g/mol. The molecule has 1 aromatic carbocycles. The van der Waals surface area contributed by atoms with E-state index in [1.54, 1.807) is 48.6 Å². The van der Waals surface area contributed by atoms with Gasteiger partial charge in [-0.1, -0.05) is 20.8 Å². The lowest BCUT2D eigenvalue weighted by Crippen LogP contribution is -2.69. The van der Waals surface area contributed by atoms with Crippen molar-refractivity contribution in [1.82, 2.24) is 14.9 Å². The van der Waals surface area contributed by atoms with Gasteiger partial charge in [0.1, 0.15) is 35.1 Å². The van der Waals surface area contributed by atoms with Crippen LogP contribution in [-0.2, 0) is 49.6 Å². The number of hydrogen-bond acceptors (Lipinski definition) is 16. The van der Waals surface area contributed by atoms with Crippen LogP contribution in [0.1, 0.15) is 100 Å². The zero-order valence-electron chi connectivity index (χ0n) is 41.0. The molecule has 1 aromatic rings. The van der Waals surface area contributed by atoms with Gasteiger partial charge < -0.3 is 64.6 Å². The fourth-order valence-corrected chi connectivity index (χ4v) is 11.1. The molecule has 0 saturated carbocycles. The number of methoxy groups -OCH3 is 1. The number of carbonyl (C=O) groups is 1. The maximum atomic E-state index is 14.4. The summed E-state index contributed by atoms with van der Waals surface area (Å²) >= 11 is 0. The number of benzene rings is 1. The van der Waals surface area contributed by atoms with Gasteiger partial charge in [-0.25, -0.2) is 0 Å². The molecule has 3 saturated heterocycles. The van der Waals surface area contributed by atoms with Gasteiger partial charge in [0.2, 0.25) is 0 Å².